The quantitative estimate of drug-likeness (QED) is 0.461. The summed E-state index contributed by atoms with van der Waals surface area (Å²) in [6, 6.07) is 15.3. The first kappa shape index (κ1) is 13.7. The molecule has 6 heteroatoms. The van der Waals surface area contributed by atoms with Gasteiger partial charge in [0.05, 0.1) is 0 Å². The van der Waals surface area contributed by atoms with E-state index in [0.717, 1.165) is 15.9 Å². The highest BCUT2D eigenvalue weighted by Gasteiger charge is 2.14. The third kappa shape index (κ3) is 2.94. The molecular weight excluding hydrogens is 303 g/mol. The van der Waals surface area contributed by atoms with Crippen LogP contribution in [0, 0.1) is 0 Å². The molecular formula is C15H12N2O2PS+. The monoisotopic (exact) mass is 315 g/mol. The van der Waals surface area contributed by atoms with Crippen molar-refractivity contribution in [3.8, 4) is 0 Å². The zero-order chi connectivity index (χ0) is 14.7. The minimum absolute atomic E-state index is 0.634. The van der Waals surface area contributed by atoms with Gasteiger partial charge in [-0.3, -0.25) is 0 Å². The zero-order valence-corrected chi connectivity index (χ0v) is 12.7. The van der Waals surface area contributed by atoms with Crippen molar-refractivity contribution in [3.63, 3.8) is 0 Å². The maximum atomic E-state index is 11.8. The summed E-state index contributed by atoms with van der Waals surface area (Å²) in [5.41, 5.74) is 5.89. The van der Waals surface area contributed by atoms with E-state index in [1.807, 2.05) is 53.9 Å². The van der Waals surface area contributed by atoms with Gasteiger partial charge < -0.3 is 5.73 Å². The summed E-state index contributed by atoms with van der Waals surface area (Å²) in [6.45, 7) is 0. The number of hydrogen-bond donors (Lipinski definition) is 1. The number of fused-ring (bicyclic) bond motifs is 3. The van der Waals surface area contributed by atoms with Crippen molar-refractivity contribution in [3.05, 3.63) is 60.1 Å². The average molecular weight is 315 g/mol. The molecule has 4 rings (SSSR count). The van der Waals surface area contributed by atoms with E-state index in [1.54, 1.807) is 6.20 Å². The van der Waals surface area contributed by atoms with Gasteiger partial charge in [0.25, 0.3) is 0 Å². The topological polar surface area (TPSA) is 69.1 Å². The van der Waals surface area contributed by atoms with E-state index in [0.29, 0.717) is 10.7 Å². The fraction of sp³-hybridized carbons (Fsp3) is 0. The van der Waals surface area contributed by atoms with Crippen LogP contribution in [0.2, 0.25) is 0 Å². The molecule has 2 N–H and O–H groups in total. The molecule has 0 bridgehead atoms. The van der Waals surface area contributed by atoms with E-state index in [-0.39, 0.29) is 0 Å². The van der Waals surface area contributed by atoms with E-state index in [1.165, 1.54) is 11.3 Å². The molecule has 104 valence electrons. The smallest absolute Gasteiger partial charge is 0.375 e. The number of nitrogens with two attached hydrogens (primary N) is 1. The van der Waals surface area contributed by atoms with Gasteiger partial charge in [-0.05, 0) is 22.8 Å². The van der Waals surface area contributed by atoms with Gasteiger partial charge in [0.15, 0.2) is 10.7 Å². The summed E-state index contributed by atoms with van der Waals surface area (Å²) in [5, 5.41) is 5.29. The Morgan fingerprint density at radius 2 is 1.76 bits per heavy atom. The largest absolute Gasteiger partial charge is 0.597 e. The van der Waals surface area contributed by atoms with E-state index in [2.05, 4.69) is 4.98 Å². The van der Waals surface area contributed by atoms with Crippen molar-refractivity contribution in [1.29, 1.82) is 0 Å². The third-order valence-corrected chi connectivity index (χ3v) is 4.66. The van der Waals surface area contributed by atoms with Crippen LogP contribution in [-0.2, 0) is 4.57 Å². The maximum absolute atomic E-state index is 11.8. The molecule has 0 aliphatic heterocycles. The van der Waals surface area contributed by atoms with Crippen molar-refractivity contribution in [2.75, 3.05) is 5.73 Å². The van der Waals surface area contributed by atoms with Crippen LogP contribution in [0.15, 0.2) is 64.3 Å². The number of aromatic nitrogens is 1. The van der Waals surface area contributed by atoms with Crippen molar-refractivity contribution < 1.29 is 8.76 Å². The molecule has 21 heavy (non-hydrogen) atoms. The Bertz CT molecular complexity index is 935. The second kappa shape index (κ2) is 6.04. The number of nitrogens with zero attached hydrogens (tertiary/aromatic N) is 1. The number of anilines is 1. The second-order valence-electron chi connectivity index (χ2n) is 4.23. The minimum Gasteiger partial charge on any atom is -0.375 e. The van der Waals surface area contributed by atoms with Gasteiger partial charge in [-0.2, -0.15) is 0 Å². The Labute approximate surface area is 125 Å². The molecule has 1 unspecified atom stereocenters. The number of para-hydroxylation sites is 1. The summed E-state index contributed by atoms with van der Waals surface area (Å²) < 4.78 is 17.1. The fourth-order valence-electron chi connectivity index (χ4n) is 2.00. The van der Waals surface area contributed by atoms with Gasteiger partial charge >= 0.3 is 7.65 Å². The average Bonchev–Trinajstić information content (AvgIpc) is 2.99. The first-order valence-corrected chi connectivity index (χ1v) is 8.30. The second-order valence-corrected chi connectivity index (χ2v) is 6.34. The lowest BCUT2D eigenvalue weighted by Gasteiger charge is -1.94. The zero-order valence-electron chi connectivity index (χ0n) is 11.0. The molecule has 0 amide bonds. The number of rotatable bonds is 0. The van der Waals surface area contributed by atoms with Crippen molar-refractivity contribution >= 4 is 45.6 Å². The molecule has 1 atom stereocenters. The fourth-order valence-corrected chi connectivity index (χ4v) is 3.42. The predicted octanol–water partition coefficient (Wildman–Crippen LogP) is 5.05. The van der Waals surface area contributed by atoms with E-state index < -0.39 is 7.65 Å². The Kier molecular flexibility index (Phi) is 3.95. The maximum Gasteiger partial charge on any atom is 0.597 e. The highest BCUT2D eigenvalue weighted by molar-refractivity contribution is 7.37. The number of benzene rings is 2. The molecule has 0 aliphatic rings. The molecule has 4 aromatic rings. The van der Waals surface area contributed by atoms with Gasteiger partial charge in [-0.15, -0.1) is 11.3 Å². The van der Waals surface area contributed by atoms with Crippen LogP contribution in [0.4, 0.5) is 5.13 Å². The standard InChI is InChI=1S/C12H8O2P.C3H4N2S/c13-15-12-8-4-2-6-10(12)9-5-1-3-7-11(9)14-15;4-3-5-1-2-6-3/h1-8H;1-2H,(H2,4,5)/q+1;. The Morgan fingerprint density at radius 1 is 1.05 bits per heavy atom. The van der Waals surface area contributed by atoms with Crippen LogP contribution in [0.3, 0.4) is 0 Å². The van der Waals surface area contributed by atoms with Crippen LogP contribution < -0.4 is 5.73 Å². The lowest BCUT2D eigenvalue weighted by molar-refractivity contribution is 0.563. The van der Waals surface area contributed by atoms with Crippen molar-refractivity contribution in [1.82, 2.24) is 4.98 Å². The molecule has 2 aromatic carbocycles. The minimum atomic E-state index is -1.74. The number of nitrogen functional groups attached to an aromatic ring is 1. The normalized spacial score (nSPS) is 11.1. The van der Waals surface area contributed by atoms with Crippen LogP contribution >= 0.6 is 19.0 Å². The van der Waals surface area contributed by atoms with Crippen LogP contribution in [0.1, 0.15) is 0 Å². The molecule has 0 fully saturated rings. The van der Waals surface area contributed by atoms with Gasteiger partial charge in [0, 0.05) is 22.3 Å². The Hall–Kier alpha value is -2.23. The third-order valence-electron chi connectivity index (χ3n) is 2.91. The molecule has 2 heterocycles. The number of thiazole rings is 1. The summed E-state index contributed by atoms with van der Waals surface area (Å²) in [4.78, 5) is 3.71. The van der Waals surface area contributed by atoms with Crippen molar-refractivity contribution in [2.24, 2.45) is 0 Å². The molecule has 4 nitrogen and oxygen atoms in total. The van der Waals surface area contributed by atoms with Gasteiger partial charge in [-0.25, -0.2) is 9.18 Å². The van der Waals surface area contributed by atoms with Crippen molar-refractivity contribution in [2.45, 2.75) is 0 Å². The SMILES string of the molecule is Nc1nccs1.O=[p+]1oc2ccccc2c2ccccc21. The molecule has 0 saturated carbocycles. The summed E-state index contributed by atoms with van der Waals surface area (Å²) in [5.74, 6) is 0. The van der Waals surface area contributed by atoms with Gasteiger partial charge in [0.1, 0.15) is 0 Å². The van der Waals surface area contributed by atoms with Gasteiger partial charge in [-0.1, -0.05) is 30.3 Å². The first-order chi connectivity index (χ1) is 10.3. The summed E-state index contributed by atoms with van der Waals surface area (Å²) in [6.07, 6.45) is 1.68. The summed E-state index contributed by atoms with van der Waals surface area (Å²) >= 11 is 1.44. The lowest BCUT2D eigenvalue weighted by atomic mass is 10.1. The molecule has 0 spiro atoms. The van der Waals surface area contributed by atoms with E-state index in [9.17, 15) is 4.57 Å². The molecule has 0 aliphatic carbocycles. The van der Waals surface area contributed by atoms with E-state index >= 15 is 0 Å². The Balaban J connectivity index is 0.000000186. The highest BCUT2D eigenvalue weighted by Crippen LogP contribution is 2.34. The van der Waals surface area contributed by atoms with E-state index in [4.69, 9.17) is 9.93 Å². The first-order valence-electron chi connectivity index (χ1n) is 6.24. The molecule has 2 aromatic heterocycles. The molecule has 0 radical (unpaired) electrons. The Morgan fingerprint density at radius 3 is 2.43 bits per heavy atom. The van der Waals surface area contributed by atoms with Crippen LogP contribution in [0.25, 0.3) is 21.5 Å². The lowest BCUT2D eigenvalue weighted by Crippen LogP contribution is -1.77. The summed E-state index contributed by atoms with van der Waals surface area (Å²) in [7, 11) is -1.74. The highest BCUT2D eigenvalue weighted by atomic mass is 32.1. The van der Waals surface area contributed by atoms with Crippen LogP contribution in [0.5, 0.6) is 0 Å². The molecule has 0 saturated heterocycles. The number of hydrogen-bond acceptors (Lipinski definition) is 5. The predicted molar refractivity (Wildman–Crippen MR) is 87.9 cm³/mol. The van der Waals surface area contributed by atoms with Crippen LogP contribution in [-0.4, -0.2) is 4.98 Å². The van der Waals surface area contributed by atoms with Gasteiger partial charge in [0.2, 0.25) is 5.12 Å².